The summed E-state index contributed by atoms with van der Waals surface area (Å²) in [7, 11) is 3.89. The maximum absolute atomic E-state index is 12.6. The first-order chi connectivity index (χ1) is 13.1. The minimum absolute atomic E-state index is 0.127. The molecule has 1 saturated heterocycles. The van der Waals surface area contributed by atoms with Crippen LogP contribution in [-0.4, -0.2) is 60.7 Å². The van der Waals surface area contributed by atoms with E-state index in [9.17, 15) is 4.79 Å². The Balaban J connectivity index is 1.33. The number of carbonyl (C=O) groups excluding carboxylic acids is 1. The maximum atomic E-state index is 12.6. The number of ether oxygens (including phenoxy) is 3. The van der Waals surface area contributed by atoms with Crippen LogP contribution in [0, 0.1) is 0 Å². The van der Waals surface area contributed by atoms with Crippen molar-refractivity contribution in [2.75, 3.05) is 34.0 Å². The molecule has 4 rings (SSSR count). The molecule has 144 valence electrons. The van der Waals surface area contributed by atoms with Crippen LogP contribution in [0.1, 0.15) is 29.2 Å². The van der Waals surface area contributed by atoms with E-state index >= 15 is 0 Å². The molecular formula is C19H23N3O5. The van der Waals surface area contributed by atoms with E-state index in [4.69, 9.17) is 18.6 Å². The highest BCUT2D eigenvalue weighted by atomic mass is 16.7. The SMILES string of the molecule is CN(CC1CCCN1C)C(=O)c1coc(COc2ccc3c(c2)OCO3)n1. The lowest BCUT2D eigenvalue weighted by atomic mass is 10.2. The molecule has 1 aromatic heterocycles. The third kappa shape index (κ3) is 3.85. The summed E-state index contributed by atoms with van der Waals surface area (Å²) in [6.07, 6.45) is 3.67. The monoisotopic (exact) mass is 373 g/mol. The molecule has 0 N–H and O–H groups in total. The number of hydrogen-bond donors (Lipinski definition) is 0. The maximum Gasteiger partial charge on any atom is 0.275 e. The van der Waals surface area contributed by atoms with E-state index in [1.807, 2.05) is 0 Å². The average molecular weight is 373 g/mol. The number of nitrogens with zero attached hydrogens (tertiary/aromatic N) is 3. The molecule has 0 saturated carbocycles. The standard InChI is InChI=1S/C19H23N3O5/c1-21-7-3-4-13(21)9-22(2)19(23)15-10-25-18(20-15)11-24-14-5-6-16-17(8-14)27-12-26-16/h5-6,8,10,13H,3-4,7,9,11-12H2,1-2H3. The zero-order valence-corrected chi connectivity index (χ0v) is 15.5. The first kappa shape index (κ1) is 17.7. The van der Waals surface area contributed by atoms with Crippen molar-refractivity contribution in [3.05, 3.63) is 36.0 Å². The zero-order valence-electron chi connectivity index (χ0n) is 15.5. The minimum Gasteiger partial charge on any atom is -0.484 e. The van der Waals surface area contributed by atoms with Crippen LogP contribution in [0.5, 0.6) is 17.2 Å². The molecule has 0 radical (unpaired) electrons. The van der Waals surface area contributed by atoms with Gasteiger partial charge in [0.25, 0.3) is 5.91 Å². The van der Waals surface area contributed by atoms with Gasteiger partial charge in [0.2, 0.25) is 12.7 Å². The van der Waals surface area contributed by atoms with E-state index in [0.717, 1.165) is 13.0 Å². The van der Waals surface area contributed by atoms with Crippen molar-refractivity contribution in [2.45, 2.75) is 25.5 Å². The Hall–Kier alpha value is -2.74. The number of hydrogen-bond acceptors (Lipinski definition) is 7. The van der Waals surface area contributed by atoms with Crippen molar-refractivity contribution >= 4 is 5.91 Å². The average Bonchev–Trinajstić information content (AvgIpc) is 3.40. The van der Waals surface area contributed by atoms with Crippen molar-refractivity contribution in [1.29, 1.82) is 0 Å². The minimum atomic E-state index is -0.145. The molecule has 8 heteroatoms. The van der Waals surface area contributed by atoms with Crippen LogP contribution < -0.4 is 14.2 Å². The number of fused-ring (bicyclic) bond motifs is 1. The highest BCUT2D eigenvalue weighted by Crippen LogP contribution is 2.35. The van der Waals surface area contributed by atoms with E-state index in [-0.39, 0.29) is 19.3 Å². The van der Waals surface area contributed by atoms with Crippen LogP contribution >= 0.6 is 0 Å². The molecule has 8 nitrogen and oxygen atoms in total. The number of likely N-dealkylation sites (N-methyl/N-ethyl adjacent to an activating group) is 2. The molecule has 0 aliphatic carbocycles. The molecule has 0 spiro atoms. The van der Waals surface area contributed by atoms with Crippen molar-refractivity contribution in [1.82, 2.24) is 14.8 Å². The fraction of sp³-hybridized carbons (Fsp3) is 0.474. The summed E-state index contributed by atoms with van der Waals surface area (Å²) in [6.45, 7) is 2.11. The molecule has 0 bridgehead atoms. The smallest absolute Gasteiger partial charge is 0.275 e. The van der Waals surface area contributed by atoms with Crippen LogP contribution in [0.3, 0.4) is 0 Å². The lowest BCUT2D eigenvalue weighted by Crippen LogP contribution is -2.39. The highest BCUT2D eigenvalue weighted by Gasteiger charge is 2.25. The van der Waals surface area contributed by atoms with Gasteiger partial charge in [-0.25, -0.2) is 4.98 Å². The highest BCUT2D eigenvalue weighted by molar-refractivity contribution is 5.91. The molecular weight excluding hydrogens is 350 g/mol. The Morgan fingerprint density at radius 2 is 2.22 bits per heavy atom. The second kappa shape index (κ2) is 7.48. The van der Waals surface area contributed by atoms with Crippen molar-refractivity contribution in [3.8, 4) is 17.2 Å². The van der Waals surface area contributed by atoms with E-state index in [1.54, 1.807) is 30.1 Å². The van der Waals surface area contributed by atoms with Crippen LogP contribution in [0.2, 0.25) is 0 Å². The fourth-order valence-electron chi connectivity index (χ4n) is 3.39. The second-order valence-electron chi connectivity index (χ2n) is 6.89. The van der Waals surface area contributed by atoms with Crippen molar-refractivity contribution in [2.24, 2.45) is 0 Å². The number of benzene rings is 1. The van der Waals surface area contributed by atoms with Gasteiger partial charge >= 0.3 is 0 Å². The number of rotatable bonds is 6. The number of aromatic nitrogens is 1. The summed E-state index contributed by atoms with van der Waals surface area (Å²) >= 11 is 0. The lowest BCUT2D eigenvalue weighted by Gasteiger charge is -2.25. The summed E-state index contributed by atoms with van der Waals surface area (Å²) in [5, 5.41) is 0. The van der Waals surface area contributed by atoms with Crippen LogP contribution in [0.15, 0.2) is 28.9 Å². The molecule has 2 aromatic rings. The van der Waals surface area contributed by atoms with Gasteiger partial charge in [-0.1, -0.05) is 0 Å². The van der Waals surface area contributed by atoms with Gasteiger partial charge in [0, 0.05) is 25.7 Å². The molecule has 1 unspecified atom stereocenters. The van der Waals surface area contributed by atoms with Gasteiger partial charge in [-0.3, -0.25) is 4.79 Å². The fourth-order valence-corrected chi connectivity index (χ4v) is 3.39. The number of likely N-dealkylation sites (tertiary alicyclic amines) is 1. The third-order valence-electron chi connectivity index (χ3n) is 4.98. The number of carbonyl (C=O) groups is 1. The summed E-state index contributed by atoms with van der Waals surface area (Å²) in [6, 6.07) is 5.73. The predicted molar refractivity (Wildman–Crippen MR) is 96.0 cm³/mol. The van der Waals surface area contributed by atoms with Gasteiger partial charge in [0.1, 0.15) is 12.0 Å². The quantitative estimate of drug-likeness (QED) is 0.768. The zero-order chi connectivity index (χ0) is 18.8. The Labute approximate surface area is 157 Å². The van der Waals surface area contributed by atoms with Crippen molar-refractivity contribution in [3.63, 3.8) is 0 Å². The van der Waals surface area contributed by atoms with Crippen molar-refractivity contribution < 1.29 is 23.4 Å². The van der Waals surface area contributed by atoms with Gasteiger partial charge in [0.15, 0.2) is 23.8 Å². The Morgan fingerprint density at radius 1 is 1.37 bits per heavy atom. The molecule has 2 aliphatic rings. The predicted octanol–water partition coefficient (Wildman–Crippen LogP) is 2.15. The Bertz CT molecular complexity index is 821. The summed E-state index contributed by atoms with van der Waals surface area (Å²) in [4.78, 5) is 20.8. The van der Waals surface area contributed by atoms with E-state index in [1.165, 1.54) is 12.7 Å². The van der Waals surface area contributed by atoms with Gasteiger partial charge in [0.05, 0.1) is 0 Å². The normalized spacial score (nSPS) is 18.7. The summed E-state index contributed by atoms with van der Waals surface area (Å²) < 4.78 is 21.6. The van der Waals surface area contributed by atoms with Gasteiger partial charge in [-0.15, -0.1) is 0 Å². The molecule has 3 heterocycles. The Kier molecular flexibility index (Phi) is 4.89. The first-order valence-electron chi connectivity index (χ1n) is 9.03. The van der Waals surface area contributed by atoms with E-state index in [2.05, 4.69) is 16.9 Å². The summed E-state index contributed by atoms with van der Waals surface area (Å²) in [5.41, 5.74) is 0.294. The number of amides is 1. The largest absolute Gasteiger partial charge is 0.484 e. The second-order valence-corrected chi connectivity index (χ2v) is 6.89. The first-order valence-corrected chi connectivity index (χ1v) is 9.03. The van der Waals surface area contributed by atoms with Crippen LogP contribution in [0.25, 0.3) is 0 Å². The lowest BCUT2D eigenvalue weighted by molar-refractivity contribution is 0.0755. The molecule has 1 aromatic carbocycles. The van der Waals surface area contributed by atoms with Gasteiger partial charge in [-0.2, -0.15) is 0 Å². The van der Waals surface area contributed by atoms with E-state index < -0.39 is 0 Å². The van der Waals surface area contributed by atoms with E-state index in [0.29, 0.717) is 41.4 Å². The van der Waals surface area contributed by atoms with Crippen LogP contribution in [0.4, 0.5) is 0 Å². The molecule has 2 aliphatic heterocycles. The molecule has 1 amide bonds. The van der Waals surface area contributed by atoms with Gasteiger partial charge in [-0.05, 0) is 38.6 Å². The summed E-state index contributed by atoms with van der Waals surface area (Å²) in [5.74, 6) is 2.17. The Morgan fingerprint density at radius 3 is 3.04 bits per heavy atom. The third-order valence-corrected chi connectivity index (χ3v) is 4.98. The van der Waals surface area contributed by atoms with Crippen LogP contribution in [-0.2, 0) is 6.61 Å². The number of oxazole rings is 1. The topological polar surface area (TPSA) is 77.3 Å². The molecule has 1 atom stereocenters. The molecule has 1 fully saturated rings. The van der Waals surface area contributed by atoms with Gasteiger partial charge < -0.3 is 28.4 Å². The molecule has 27 heavy (non-hydrogen) atoms.